The van der Waals surface area contributed by atoms with Gasteiger partial charge in [-0.2, -0.15) is 0 Å². The molecule has 0 aliphatic carbocycles. The summed E-state index contributed by atoms with van der Waals surface area (Å²) in [4.78, 5) is 8.00. The minimum atomic E-state index is 0. The van der Waals surface area contributed by atoms with Crippen molar-refractivity contribution in [1.29, 1.82) is 0 Å². The molecule has 0 heterocycles. The van der Waals surface area contributed by atoms with E-state index in [0.29, 0.717) is 0 Å². The van der Waals surface area contributed by atoms with Crippen LogP contribution < -0.4 is 0 Å². The Morgan fingerprint density at radius 2 is 0.895 bits per heavy atom. The summed E-state index contributed by atoms with van der Waals surface area (Å²) in [7, 11) is 3.36. The third kappa shape index (κ3) is 441. The fourth-order valence-corrected chi connectivity index (χ4v) is 0. The normalized spacial score (nSPS) is 4.63. The molecule has 0 atom stereocenters. The average Bonchev–Trinajstić information content (AvgIpc) is 2.35. The number of carbonyl (C=O) groups is 1. The van der Waals surface area contributed by atoms with Crippen molar-refractivity contribution in [3.8, 4) is 0 Å². The molecule has 0 bridgehead atoms. The van der Waals surface area contributed by atoms with Gasteiger partial charge in [0.05, 0.1) is 0 Å². The van der Waals surface area contributed by atoms with E-state index in [4.69, 9.17) is 9.90 Å². The Balaban J connectivity index is -0.00000000918. The molecule has 4 nitrogen and oxygen atoms in total. The minimum absolute atomic E-state index is 0. The van der Waals surface area contributed by atoms with Crippen LogP contribution in [0.4, 0.5) is 0 Å². The van der Waals surface area contributed by atoms with Gasteiger partial charge in [-0.1, -0.05) is 13.8 Å². The van der Waals surface area contributed by atoms with Crippen LogP contribution in [-0.2, 0) is 79.7 Å². The standard InChI is InChI=1S/2C3H8O.C2H6O.C2H6.CH2O.2CH3.2Y/c2*1-3-4-2;1-2-3;2*1-2;;;;/h2*3H2,1-2H3;3H,2H2,1H3;1-2H3;1H2;2*1H3;;/q;;;;;2*-1;;. The summed E-state index contributed by atoms with van der Waals surface area (Å²) >= 11 is 0. The predicted octanol–water partition coefficient (Wildman–Crippen LogP) is 3.04. The van der Waals surface area contributed by atoms with Gasteiger partial charge in [0.1, 0.15) is 6.79 Å². The van der Waals surface area contributed by atoms with Gasteiger partial charge in [0, 0.05) is 99.5 Å². The van der Waals surface area contributed by atoms with Crippen molar-refractivity contribution < 1.29 is 84.8 Å². The number of ether oxygens (including phenoxy) is 2. The molecule has 2 radical (unpaired) electrons. The molecule has 0 rings (SSSR count). The van der Waals surface area contributed by atoms with Gasteiger partial charge in [0.25, 0.3) is 0 Å². The van der Waals surface area contributed by atoms with E-state index in [9.17, 15) is 0 Å². The molecule has 0 saturated heterocycles. The largest absolute Gasteiger partial charge is 0.397 e. The Labute approximate surface area is 173 Å². The van der Waals surface area contributed by atoms with E-state index in [2.05, 4.69) is 9.47 Å². The molecular formula is C13H36O4Y2-2. The fraction of sp³-hybridized carbons (Fsp3) is 0.769. The number of rotatable bonds is 2. The summed E-state index contributed by atoms with van der Waals surface area (Å²) < 4.78 is 9.08. The number of carbonyl (C=O) groups excluding carboxylic acids is 1. The molecule has 0 amide bonds. The van der Waals surface area contributed by atoms with Crippen molar-refractivity contribution in [3.63, 3.8) is 0 Å². The summed E-state index contributed by atoms with van der Waals surface area (Å²) in [5, 5.41) is 7.57. The van der Waals surface area contributed by atoms with Gasteiger partial charge in [-0.3, -0.25) is 0 Å². The van der Waals surface area contributed by atoms with Gasteiger partial charge in [0.15, 0.2) is 0 Å². The van der Waals surface area contributed by atoms with Crippen LogP contribution >= 0.6 is 0 Å². The second-order valence-electron chi connectivity index (χ2n) is 1.47. The van der Waals surface area contributed by atoms with E-state index in [1.807, 2.05) is 34.5 Å². The Hall–Kier alpha value is 1.76. The van der Waals surface area contributed by atoms with E-state index in [1.165, 1.54) is 0 Å². The molecule has 0 aliphatic rings. The Kier molecular flexibility index (Phi) is 470. The molecule has 0 aromatic carbocycles. The third-order valence-corrected chi connectivity index (χ3v) is 0.577. The van der Waals surface area contributed by atoms with Crippen LogP contribution in [0.2, 0.25) is 0 Å². The van der Waals surface area contributed by atoms with Crippen LogP contribution in [0.1, 0.15) is 34.6 Å². The third-order valence-electron chi connectivity index (χ3n) is 0.577. The first-order chi connectivity index (χ1) is 7.24. The van der Waals surface area contributed by atoms with Crippen LogP contribution in [0, 0.1) is 14.9 Å². The van der Waals surface area contributed by atoms with Crippen LogP contribution in [0.25, 0.3) is 0 Å². The molecule has 0 fully saturated rings. The maximum Gasteiger partial charge on any atom is 0.106 e. The van der Waals surface area contributed by atoms with Crippen LogP contribution in [0.15, 0.2) is 0 Å². The van der Waals surface area contributed by atoms with Crippen molar-refractivity contribution in [3.05, 3.63) is 14.9 Å². The predicted molar refractivity (Wildman–Crippen MR) is 79.2 cm³/mol. The van der Waals surface area contributed by atoms with E-state index >= 15 is 0 Å². The maximum absolute atomic E-state index is 8.00. The van der Waals surface area contributed by atoms with Gasteiger partial charge < -0.3 is 34.2 Å². The first-order valence-electron chi connectivity index (χ1n) is 5.12. The van der Waals surface area contributed by atoms with Crippen molar-refractivity contribution in [2.24, 2.45) is 0 Å². The topological polar surface area (TPSA) is 55.8 Å². The van der Waals surface area contributed by atoms with Gasteiger partial charge in [-0.15, -0.1) is 0 Å². The van der Waals surface area contributed by atoms with E-state index in [1.54, 1.807) is 21.1 Å². The molecule has 6 heteroatoms. The smallest absolute Gasteiger partial charge is 0.106 e. The molecule has 19 heavy (non-hydrogen) atoms. The summed E-state index contributed by atoms with van der Waals surface area (Å²) in [5.74, 6) is 0. The molecule has 1 N–H and O–H groups in total. The van der Waals surface area contributed by atoms with Crippen molar-refractivity contribution in [2.75, 3.05) is 34.0 Å². The van der Waals surface area contributed by atoms with Crippen molar-refractivity contribution in [1.82, 2.24) is 0 Å². The quantitative estimate of drug-likeness (QED) is 0.680. The van der Waals surface area contributed by atoms with Crippen molar-refractivity contribution >= 4 is 6.79 Å². The van der Waals surface area contributed by atoms with E-state index in [0.717, 1.165) is 13.2 Å². The zero-order valence-corrected chi connectivity index (χ0v) is 20.3. The Bertz CT molecular complexity index is 45.6. The average molecular weight is 434 g/mol. The molecule has 0 saturated carbocycles. The van der Waals surface area contributed by atoms with Crippen LogP contribution in [0.5, 0.6) is 0 Å². The summed E-state index contributed by atoms with van der Waals surface area (Å²) in [5.41, 5.74) is 0. The van der Waals surface area contributed by atoms with E-state index < -0.39 is 0 Å². The number of hydrogen-bond donors (Lipinski definition) is 1. The first kappa shape index (κ1) is 58.6. The van der Waals surface area contributed by atoms with Gasteiger partial charge >= 0.3 is 0 Å². The van der Waals surface area contributed by atoms with Crippen LogP contribution in [-0.4, -0.2) is 45.9 Å². The SMILES string of the molecule is C=O.CC.CCO.CCOC.CCOC.[CH3-].[CH3-].[Y].[Y]. The summed E-state index contributed by atoms with van der Waals surface area (Å²) in [6, 6.07) is 0. The molecule has 120 valence electrons. The van der Waals surface area contributed by atoms with Gasteiger partial charge in [0.2, 0.25) is 0 Å². The molecule has 0 aromatic rings. The first-order valence-corrected chi connectivity index (χ1v) is 5.12. The second kappa shape index (κ2) is 152. The second-order valence-corrected chi connectivity index (χ2v) is 1.47. The Morgan fingerprint density at radius 3 is 0.895 bits per heavy atom. The summed E-state index contributed by atoms with van der Waals surface area (Å²) in [6.07, 6.45) is 0. The molecule has 0 aromatic heterocycles. The fourth-order valence-electron chi connectivity index (χ4n) is 0. The molecular weight excluding hydrogens is 398 g/mol. The Morgan fingerprint density at radius 1 is 0.842 bits per heavy atom. The van der Waals surface area contributed by atoms with Gasteiger partial charge in [-0.05, 0) is 20.8 Å². The molecule has 0 unspecified atom stereocenters. The number of aliphatic hydroxyl groups is 1. The minimum Gasteiger partial charge on any atom is -0.397 e. The number of aliphatic hydroxyl groups excluding tert-OH is 1. The van der Waals surface area contributed by atoms with E-state index in [-0.39, 0.29) is 86.9 Å². The summed E-state index contributed by atoms with van der Waals surface area (Å²) in [6.45, 7) is 13.5. The number of methoxy groups -OCH3 is 2. The van der Waals surface area contributed by atoms with Crippen LogP contribution in [0.3, 0.4) is 0 Å². The maximum atomic E-state index is 8.00. The number of hydrogen-bond acceptors (Lipinski definition) is 4. The zero-order valence-electron chi connectivity index (χ0n) is 14.7. The zero-order chi connectivity index (χ0) is 13.5. The molecule has 0 aliphatic heterocycles. The monoisotopic (exact) mass is 434 g/mol. The van der Waals surface area contributed by atoms with Gasteiger partial charge in [-0.25, -0.2) is 0 Å². The van der Waals surface area contributed by atoms with Crippen molar-refractivity contribution in [2.45, 2.75) is 34.6 Å². The molecule has 0 spiro atoms.